The molecule has 0 bridgehead atoms. The van der Waals surface area contributed by atoms with Crippen LogP contribution in [0.2, 0.25) is 0 Å². The Hall–Kier alpha value is -0.610. The molecule has 0 amide bonds. The van der Waals surface area contributed by atoms with Gasteiger partial charge in [-0.3, -0.25) is 0 Å². The minimum absolute atomic E-state index is 0.00647. The quantitative estimate of drug-likeness (QED) is 0.806. The van der Waals surface area contributed by atoms with E-state index in [-0.39, 0.29) is 12.0 Å². The second-order valence-corrected chi connectivity index (χ2v) is 5.58. The lowest BCUT2D eigenvalue weighted by Gasteiger charge is -2.29. The number of aromatic nitrogens is 1. The highest BCUT2D eigenvalue weighted by molar-refractivity contribution is 7.15. The maximum atomic E-state index is 9.46. The van der Waals surface area contributed by atoms with Gasteiger partial charge in [0.15, 0.2) is 5.13 Å². The van der Waals surface area contributed by atoms with Crippen LogP contribution in [0.5, 0.6) is 0 Å². The fourth-order valence-electron chi connectivity index (χ4n) is 1.59. The standard InChI is InChI=1S/C12H22N2OS/c1-5-12(6-2,8-15)7-13-11-14-9(3)10(4)16-11/h15H,5-8H2,1-4H3,(H,13,14). The van der Waals surface area contributed by atoms with Crippen LogP contribution in [0.4, 0.5) is 5.13 Å². The van der Waals surface area contributed by atoms with Crippen LogP contribution < -0.4 is 5.32 Å². The highest BCUT2D eigenvalue weighted by atomic mass is 32.1. The Morgan fingerprint density at radius 1 is 1.31 bits per heavy atom. The number of nitrogens with zero attached hydrogens (tertiary/aromatic N) is 1. The molecule has 0 atom stereocenters. The van der Waals surface area contributed by atoms with Crippen molar-refractivity contribution in [2.75, 3.05) is 18.5 Å². The van der Waals surface area contributed by atoms with Gasteiger partial charge in [0.2, 0.25) is 0 Å². The molecule has 1 heterocycles. The zero-order valence-corrected chi connectivity index (χ0v) is 11.4. The first-order valence-corrected chi connectivity index (χ1v) is 6.67. The Balaban J connectivity index is 2.62. The topological polar surface area (TPSA) is 45.1 Å². The third kappa shape index (κ3) is 2.95. The number of thiazole rings is 1. The second-order valence-electron chi connectivity index (χ2n) is 4.38. The Labute approximate surface area is 102 Å². The lowest BCUT2D eigenvalue weighted by atomic mass is 9.83. The Bertz CT molecular complexity index is 304. The van der Waals surface area contributed by atoms with Gasteiger partial charge in [-0.1, -0.05) is 13.8 Å². The minimum Gasteiger partial charge on any atom is -0.396 e. The molecule has 92 valence electrons. The predicted molar refractivity (Wildman–Crippen MR) is 70.2 cm³/mol. The number of aliphatic hydroxyl groups is 1. The number of hydrogen-bond donors (Lipinski definition) is 2. The van der Waals surface area contributed by atoms with Crippen molar-refractivity contribution < 1.29 is 5.11 Å². The summed E-state index contributed by atoms with van der Waals surface area (Å²) in [6, 6.07) is 0. The lowest BCUT2D eigenvalue weighted by Crippen LogP contribution is -2.32. The smallest absolute Gasteiger partial charge is 0.183 e. The van der Waals surface area contributed by atoms with Crippen molar-refractivity contribution in [2.45, 2.75) is 40.5 Å². The molecule has 3 nitrogen and oxygen atoms in total. The van der Waals surface area contributed by atoms with Crippen LogP contribution >= 0.6 is 11.3 Å². The summed E-state index contributed by atoms with van der Waals surface area (Å²) in [4.78, 5) is 5.70. The van der Waals surface area contributed by atoms with Crippen molar-refractivity contribution in [1.82, 2.24) is 4.98 Å². The number of aliphatic hydroxyl groups excluding tert-OH is 1. The van der Waals surface area contributed by atoms with Gasteiger partial charge in [-0.2, -0.15) is 0 Å². The molecule has 2 N–H and O–H groups in total. The molecule has 1 aromatic rings. The zero-order chi connectivity index (χ0) is 12.2. The number of hydrogen-bond acceptors (Lipinski definition) is 4. The third-order valence-electron chi connectivity index (χ3n) is 3.48. The maximum Gasteiger partial charge on any atom is 0.183 e. The second kappa shape index (κ2) is 5.64. The predicted octanol–water partition coefficient (Wildman–Crippen LogP) is 2.97. The lowest BCUT2D eigenvalue weighted by molar-refractivity contribution is 0.127. The van der Waals surface area contributed by atoms with Gasteiger partial charge in [0.25, 0.3) is 0 Å². The van der Waals surface area contributed by atoms with Crippen LogP contribution in [0.3, 0.4) is 0 Å². The Morgan fingerprint density at radius 2 is 1.94 bits per heavy atom. The van der Waals surface area contributed by atoms with Crippen molar-refractivity contribution in [1.29, 1.82) is 0 Å². The van der Waals surface area contributed by atoms with Crippen molar-refractivity contribution >= 4 is 16.5 Å². The number of nitrogens with one attached hydrogen (secondary N) is 1. The summed E-state index contributed by atoms with van der Waals surface area (Å²) in [5, 5.41) is 13.8. The van der Waals surface area contributed by atoms with E-state index in [1.807, 2.05) is 6.92 Å². The first kappa shape index (κ1) is 13.5. The summed E-state index contributed by atoms with van der Waals surface area (Å²) in [7, 11) is 0. The monoisotopic (exact) mass is 242 g/mol. The molecule has 16 heavy (non-hydrogen) atoms. The highest BCUT2D eigenvalue weighted by Gasteiger charge is 2.25. The van der Waals surface area contributed by atoms with E-state index in [1.165, 1.54) is 4.88 Å². The van der Waals surface area contributed by atoms with Gasteiger partial charge < -0.3 is 10.4 Å². The summed E-state index contributed by atoms with van der Waals surface area (Å²) in [6.45, 7) is 9.38. The van der Waals surface area contributed by atoms with Crippen molar-refractivity contribution in [2.24, 2.45) is 5.41 Å². The molecule has 0 aliphatic heterocycles. The van der Waals surface area contributed by atoms with Crippen LogP contribution in [-0.2, 0) is 0 Å². The number of aryl methyl sites for hydroxylation is 2. The van der Waals surface area contributed by atoms with Gasteiger partial charge in [-0.05, 0) is 26.7 Å². The van der Waals surface area contributed by atoms with Crippen LogP contribution in [0.1, 0.15) is 37.3 Å². The maximum absolute atomic E-state index is 9.46. The summed E-state index contributed by atoms with van der Waals surface area (Å²) < 4.78 is 0. The molecule has 0 aliphatic carbocycles. The van der Waals surface area contributed by atoms with E-state index in [9.17, 15) is 5.11 Å². The average Bonchev–Trinajstić information content (AvgIpc) is 2.61. The molecule has 0 radical (unpaired) electrons. The summed E-state index contributed by atoms with van der Waals surface area (Å²) in [6.07, 6.45) is 1.96. The molecule has 0 aromatic carbocycles. The summed E-state index contributed by atoms with van der Waals surface area (Å²) in [5.41, 5.74) is 1.09. The highest BCUT2D eigenvalue weighted by Crippen LogP contribution is 2.28. The Morgan fingerprint density at radius 3 is 2.31 bits per heavy atom. The molecule has 4 heteroatoms. The van der Waals surface area contributed by atoms with Gasteiger partial charge >= 0.3 is 0 Å². The van der Waals surface area contributed by atoms with E-state index in [2.05, 4.69) is 31.1 Å². The molecule has 0 fully saturated rings. The van der Waals surface area contributed by atoms with Gasteiger partial charge in [-0.25, -0.2) is 4.98 Å². The van der Waals surface area contributed by atoms with Crippen molar-refractivity contribution in [3.8, 4) is 0 Å². The van der Waals surface area contributed by atoms with Gasteiger partial charge in [0.05, 0.1) is 12.3 Å². The minimum atomic E-state index is -0.00647. The number of anilines is 1. The zero-order valence-electron chi connectivity index (χ0n) is 10.6. The van der Waals surface area contributed by atoms with Gasteiger partial charge in [0, 0.05) is 16.8 Å². The third-order valence-corrected chi connectivity index (χ3v) is 4.51. The fourth-order valence-corrected chi connectivity index (χ4v) is 2.40. The molecule has 0 aliphatic rings. The Kier molecular flexibility index (Phi) is 4.74. The molecule has 0 spiro atoms. The van der Waals surface area contributed by atoms with Crippen molar-refractivity contribution in [3.63, 3.8) is 0 Å². The molecular weight excluding hydrogens is 220 g/mol. The number of rotatable bonds is 6. The van der Waals surface area contributed by atoms with E-state index < -0.39 is 0 Å². The first-order chi connectivity index (χ1) is 7.56. The first-order valence-electron chi connectivity index (χ1n) is 5.85. The van der Waals surface area contributed by atoms with E-state index in [0.717, 1.165) is 30.2 Å². The molecule has 1 rings (SSSR count). The summed E-state index contributed by atoms with van der Waals surface area (Å²) in [5.74, 6) is 0. The SMILES string of the molecule is CCC(CC)(CO)CNc1nc(C)c(C)s1. The van der Waals surface area contributed by atoms with Crippen molar-refractivity contribution in [3.05, 3.63) is 10.6 Å². The fraction of sp³-hybridized carbons (Fsp3) is 0.750. The molecule has 0 saturated carbocycles. The van der Waals surface area contributed by atoms with E-state index in [0.29, 0.717) is 0 Å². The molecular formula is C12H22N2OS. The van der Waals surface area contributed by atoms with Crippen LogP contribution in [-0.4, -0.2) is 23.2 Å². The summed E-state index contributed by atoms with van der Waals surface area (Å²) >= 11 is 1.68. The van der Waals surface area contributed by atoms with Crippen LogP contribution in [0, 0.1) is 19.3 Å². The normalized spacial score (nSPS) is 11.8. The van der Waals surface area contributed by atoms with E-state index in [4.69, 9.17) is 0 Å². The largest absolute Gasteiger partial charge is 0.396 e. The van der Waals surface area contributed by atoms with Crippen LogP contribution in [0.15, 0.2) is 0 Å². The van der Waals surface area contributed by atoms with E-state index >= 15 is 0 Å². The molecule has 0 unspecified atom stereocenters. The van der Waals surface area contributed by atoms with Gasteiger partial charge in [-0.15, -0.1) is 11.3 Å². The average molecular weight is 242 g/mol. The molecule has 0 saturated heterocycles. The van der Waals surface area contributed by atoms with Gasteiger partial charge in [0.1, 0.15) is 0 Å². The van der Waals surface area contributed by atoms with Crippen LogP contribution in [0.25, 0.3) is 0 Å². The van der Waals surface area contributed by atoms with E-state index in [1.54, 1.807) is 11.3 Å². The molecule has 1 aromatic heterocycles.